The predicted molar refractivity (Wildman–Crippen MR) is 116 cm³/mol. The number of para-hydroxylation sites is 3. The molecule has 0 bridgehead atoms. The van der Waals surface area contributed by atoms with E-state index in [4.69, 9.17) is 4.74 Å². The van der Waals surface area contributed by atoms with Gasteiger partial charge in [-0.15, -0.1) is 0 Å². The number of ether oxygens (including phenoxy) is 1. The minimum Gasteiger partial charge on any atom is -0.490 e. The Morgan fingerprint density at radius 2 is 1.73 bits per heavy atom. The lowest BCUT2D eigenvalue weighted by atomic mass is 10.1. The van der Waals surface area contributed by atoms with Gasteiger partial charge in [-0.1, -0.05) is 30.3 Å². The third-order valence-electron chi connectivity index (χ3n) is 5.13. The Morgan fingerprint density at radius 3 is 2.47 bits per heavy atom. The van der Waals surface area contributed by atoms with Crippen molar-refractivity contribution in [3.63, 3.8) is 0 Å². The number of hydrogen-bond donors (Lipinski definition) is 1. The molecule has 2 aromatic rings. The van der Waals surface area contributed by atoms with E-state index in [0.717, 1.165) is 22.5 Å². The van der Waals surface area contributed by atoms with E-state index in [1.165, 1.54) is 4.90 Å². The van der Waals surface area contributed by atoms with E-state index in [2.05, 4.69) is 5.32 Å². The van der Waals surface area contributed by atoms with Crippen LogP contribution >= 0.6 is 0 Å². The zero-order chi connectivity index (χ0) is 21.7. The van der Waals surface area contributed by atoms with Gasteiger partial charge in [0, 0.05) is 25.6 Å². The maximum atomic E-state index is 12.6. The van der Waals surface area contributed by atoms with Crippen LogP contribution in [-0.2, 0) is 14.4 Å². The SMILES string of the molecule is Cc1cccc(C)c1NC(=O)CN(C)C(=O)CCC(=O)N1CCOc2ccccc21. The first-order chi connectivity index (χ1) is 14.4. The van der Waals surface area contributed by atoms with E-state index in [9.17, 15) is 14.4 Å². The van der Waals surface area contributed by atoms with Crippen molar-refractivity contribution in [2.24, 2.45) is 0 Å². The number of nitrogens with zero attached hydrogens (tertiary/aromatic N) is 2. The average Bonchev–Trinajstić information content (AvgIpc) is 2.74. The van der Waals surface area contributed by atoms with Crippen molar-refractivity contribution in [3.8, 4) is 5.75 Å². The molecule has 158 valence electrons. The molecular formula is C23H27N3O4. The van der Waals surface area contributed by atoms with Crippen molar-refractivity contribution in [3.05, 3.63) is 53.6 Å². The van der Waals surface area contributed by atoms with Gasteiger partial charge in [-0.25, -0.2) is 0 Å². The van der Waals surface area contributed by atoms with Crippen LogP contribution in [0.5, 0.6) is 5.75 Å². The molecule has 1 N–H and O–H groups in total. The molecule has 0 fully saturated rings. The highest BCUT2D eigenvalue weighted by molar-refractivity contribution is 5.98. The highest BCUT2D eigenvalue weighted by Gasteiger charge is 2.24. The Labute approximate surface area is 176 Å². The lowest BCUT2D eigenvalue weighted by Gasteiger charge is -2.29. The number of aryl methyl sites for hydroxylation is 2. The first-order valence-corrected chi connectivity index (χ1v) is 9.99. The van der Waals surface area contributed by atoms with Gasteiger partial charge in [-0.2, -0.15) is 0 Å². The molecule has 7 heteroatoms. The summed E-state index contributed by atoms with van der Waals surface area (Å²) in [7, 11) is 1.57. The second-order valence-corrected chi connectivity index (χ2v) is 7.43. The molecule has 0 aromatic heterocycles. The van der Waals surface area contributed by atoms with Gasteiger partial charge in [0.15, 0.2) is 0 Å². The molecule has 7 nitrogen and oxygen atoms in total. The molecular weight excluding hydrogens is 382 g/mol. The number of benzene rings is 2. The molecule has 0 unspecified atom stereocenters. The number of carbonyl (C=O) groups excluding carboxylic acids is 3. The van der Waals surface area contributed by atoms with Gasteiger partial charge in [0.25, 0.3) is 0 Å². The highest BCUT2D eigenvalue weighted by atomic mass is 16.5. The zero-order valence-electron chi connectivity index (χ0n) is 17.6. The molecule has 1 heterocycles. The third kappa shape index (κ3) is 4.97. The molecule has 2 aromatic carbocycles. The quantitative estimate of drug-likeness (QED) is 0.796. The fourth-order valence-electron chi connectivity index (χ4n) is 3.46. The van der Waals surface area contributed by atoms with Crippen LogP contribution in [0, 0.1) is 13.8 Å². The van der Waals surface area contributed by atoms with E-state index >= 15 is 0 Å². The number of likely N-dealkylation sites (N-methyl/N-ethyl adjacent to an activating group) is 1. The normalized spacial score (nSPS) is 12.6. The van der Waals surface area contributed by atoms with Crippen molar-refractivity contribution < 1.29 is 19.1 Å². The summed E-state index contributed by atoms with van der Waals surface area (Å²) in [5, 5.41) is 2.87. The van der Waals surface area contributed by atoms with Crippen molar-refractivity contribution in [2.45, 2.75) is 26.7 Å². The number of anilines is 2. The fourth-order valence-corrected chi connectivity index (χ4v) is 3.46. The number of fused-ring (bicyclic) bond motifs is 1. The van der Waals surface area contributed by atoms with Gasteiger partial charge >= 0.3 is 0 Å². The van der Waals surface area contributed by atoms with Crippen LogP contribution < -0.4 is 15.0 Å². The largest absolute Gasteiger partial charge is 0.490 e. The summed E-state index contributed by atoms with van der Waals surface area (Å²) in [6, 6.07) is 13.1. The maximum Gasteiger partial charge on any atom is 0.243 e. The van der Waals surface area contributed by atoms with Crippen molar-refractivity contribution in [1.82, 2.24) is 4.90 Å². The van der Waals surface area contributed by atoms with Crippen molar-refractivity contribution in [1.29, 1.82) is 0 Å². The molecule has 30 heavy (non-hydrogen) atoms. The Morgan fingerprint density at radius 1 is 1.03 bits per heavy atom. The molecule has 0 aliphatic carbocycles. The van der Waals surface area contributed by atoms with E-state index in [0.29, 0.717) is 18.9 Å². The van der Waals surface area contributed by atoms with Crippen LogP contribution in [0.1, 0.15) is 24.0 Å². The van der Waals surface area contributed by atoms with E-state index < -0.39 is 0 Å². The predicted octanol–water partition coefficient (Wildman–Crippen LogP) is 2.91. The van der Waals surface area contributed by atoms with E-state index in [-0.39, 0.29) is 37.1 Å². The number of carbonyl (C=O) groups is 3. The number of hydrogen-bond acceptors (Lipinski definition) is 4. The Balaban J connectivity index is 1.51. The van der Waals surface area contributed by atoms with Crippen molar-refractivity contribution >= 4 is 29.1 Å². The molecule has 1 aliphatic rings. The fraction of sp³-hybridized carbons (Fsp3) is 0.348. The molecule has 0 radical (unpaired) electrons. The van der Waals surface area contributed by atoms with Crippen LogP contribution in [-0.4, -0.2) is 49.4 Å². The lowest BCUT2D eigenvalue weighted by molar-refractivity contribution is -0.134. The summed E-state index contributed by atoms with van der Waals surface area (Å²) < 4.78 is 5.56. The summed E-state index contributed by atoms with van der Waals surface area (Å²) in [6.45, 7) is 4.66. The van der Waals surface area contributed by atoms with Crippen LogP contribution in [0.4, 0.5) is 11.4 Å². The van der Waals surface area contributed by atoms with Gasteiger partial charge < -0.3 is 19.9 Å². The monoisotopic (exact) mass is 409 g/mol. The first-order valence-electron chi connectivity index (χ1n) is 9.99. The van der Waals surface area contributed by atoms with Gasteiger partial charge in [0.1, 0.15) is 12.4 Å². The smallest absolute Gasteiger partial charge is 0.243 e. The second kappa shape index (κ2) is 9.43. The summed E-state index contributed by atoms with van der Waals surface area (Å²) in [5.41, 5.74) is 3.43. The molecule has 3 amide bonds. The van der Waals surface area contributed by atoms with Crippen LogP contribution in [0.25, 0.3) is 0 Å². The summed E-state index contributed by atoms with van der Waals surface area (Å²) >= 11 is 0. The summed E-state index contributed by atoms with van der Waals surface area (Å²) in [6.07, 6.45) is 0.127. The second-order valence-electron chi connectivity index (χ2n) is 7.43. The highest BCUT2D eigenvalue weighted by Crippen LogP contribution is 2.31. The van der Waals surface area contributed by atoms with Gasteiger partial charge in [-0.3, -0.25) is 14.4 Å². The summed E-state index contributed by atoms with van der Waals surface area (Å²) in [4.78, 5) is 40.5. The van der Waals surface area contributed by atoms with E-state index in [1.54, 1.807) is 11.9 Å². The Kier molecular flexibility index (Phi) is 6.72. The molecule has 0 spiro atoms. The minimum absolute atomic E-state index is 0.0472. The van der Waals surface area contributed by atoms with Gasteiger partial charge in [0.05, 0.1) is 18.8 Å². The Bertz CT molecular complexity index is 937. The van der Waals surface area contributed by atoms with Crippen LogP contribution in [0.3, 0.4) is 0 Å². The standard InChI is InChI=1S/C23H27N3O4/c1-16-7-6-8-17(2)23(16)24-20(27)15-25(3)21(28)11-12-22(29)26-13-14-30-19-10-5-4-9-18(19)26/h4-10H,11-15H2,1-3H3,(H,24,27). The van der Waals surface area contributed by atoms with Crippen molar-refractivity contribution in [2.75, 3.05) is 37.0 Å². The van der Waals surface area contributed by atoms with Gasteiger partial charge in [-0.05, 0) is 37.1 Å². The van der Waals surface area contributed by atoms with E-state index in [1.807, 2.05) is 56.3 Å². The maximum absolute atomic E-state index is 12.6. The first kappa shape index (κ1) is 21.4. The number of rotatable bonds is 6. The minimum atomic E-state index is -0.267. The molecule has 1 aliphatic heterocycles. The topological polar surface area (TPSA) is 79.0 Å². The Hall–Kier alpha value is -3.35. The van der Waals surface area contributed by atoms with Crippen LogP contribution in [0.15, 0.2) is 42.5 Å². The molecule has 3 rings (SSSR count). The van der Waals surface area contributed by atoms with Crippen LogP contribution in [0.2, 0.25) is 0 Å². The molecule has 0 atom stereocenters. The average molecular weight is 409 g/mol. The number of amides is 3. The lowest BCUT2D eigenvalue weighted by Crippen LogP contribution is -2.39. The zero-order valence-corrected chi connectivity index (χ0v) is 17.6. The molecule has 0 saturated heterocycles. The molecule has 0 saturated carbocycles. The van der Waals surface area contributed by atoms with Gasteiger partial charge in [0.2, 0.25) is 17.7 Å². The summed E-state index contributed by atoms with van der Waals surface area (Å²) in [5.74, 6) is 0.0226. The third-order valence-corrected chi connectivity index (χ3v) is 5.13. The number of nitrogens with one attached hydrogen (secondary N) is 1.